The summed E-state index contributed by atoms with van der Waals surface area (Å²) in [6.45, 7) is 0.117. The first-order chi connectivity index (χ1) is 6.79. The number of nitrogen functional groups attached to an aromatic ring is 1. The number of nitrogens with two attached hydrogens (primary N) is 1. The summed E-state index contributed by atoms with van der Waals surface area (Å²) < 4.78 is 5.41. The molecule has 0 aliphatic rings. The number of anilines is 1. The first-order valence-corrected chi connectivity index (χ1v) is 5.18. The molecule has 0 amide bonds. The smallest absolute Gasteiger partial charge is 0.256 e. The Kier molecular flexibility index (Phi) is 2.60. The van der Waals surface area contributed by atoms with Crippen LogP contribution in [0.25, 0.3) is 11.1 Å². The van der Waals surface area contributed by atoms with Gasteiger partial charge in [-0.3, -0.25) is 0 Å². The molecule has 0 fully saturated rings. The monoisotopic (exact) mass is 210 g/mol. The van der Waals surface area contributed by atoms with Crippen molar-refractivity contribution in [1.82, 2.24) is 4.98 Å². The number of benzene rings is 1. The molecule has 0 bridgehead atoms. The van der Waals surface area contributed by atoms with Crippen molar-refractivity contribution in [2.75, 3.05) is 18.1 Å². The number of thioether (sulfide) groups is 1. The van der Waals surface area contributed by atoms with Crippen molar-refractivity contribution < 1.29 is 9.52 Å². The zero-order valence-corrected chi connectivity index (χ0v) is 8.25. The van der Waals surface area contributed by atoms with E-state index in [2.05, 4.69) is 4.98 Å². The highest BCUT2D eigenvalue weighted by atomic mass is 32.2. The molecule has 4 nitrogen and oxygen atoms in total. The quantitative estimate of drug-likeness (QED) is 0.593. The Bertz CT molecular complexity index is 441. The molecule has 14 heavy (non-hydrogen) atoms. The Morgan fingerprint density at radius 3 is 3.14 bits per heavy atom. The topological polar surface area (TPSA) is 72.3 Å². The lowest BCUT2D eigenvalue weighted by Gasteiger charge is -1.89. The summed E-state index contributed by atoms with van der Waals surface area (Å²) in [5.41, 5.74) is 7.74. The number of aliphatic hydroxyl groups is 1. The van der Waals surface area contributed by atoms with Gasteiger partial charge in [-0.15, -0.1) is 0 Å². The third-order valence-electron chi connectivity index (χ3n) is 1.71. The number of hydrogen-bond donors (Lipinski definition) is 2. The highest BCUT2D eigenvalue weighted by molar-refractivity contribution is 7.99. The van der Waals surface area contributed by atoms with Crippen LogP contribution in [0.5, 0.6) is 0 Å². The Hall–Kier alpha value is -1.20. The SMILES string of the molecule is Nc1ccc2nc(SCCO)oc2c1. The highest BCUT2D eigenvalue weighted by Gasteiger charge is 2.05. The van der Waals surface area contributed by atoms with Crippen LogP contribution in [-0.4, -0.2) is 22.5 Å². The van der Waals surface area contributed by atoms with Crippen LogP contribution in [0, 0.1) is 0 Å². The van der Waals surface area contributed by atoms with E-state index in [-0.39, 0.29) is 6.61 Å². The average molecular weight is 210 g/mol. The lowest BCUT2D eigenvalue weighted by molar-refractivity contribution is 0.322. The molecule has 2 rings (SSSR count). The summed E-state index contributed by atoms with van der Waals surface area (Å²) in [6, 6.07) is 5.34. The van der Waals surface area contributed by atoms with Gasteiger partial charge in [-0.05, 0) is 12.1 Å². The molecule has 0 atom stereocenters. The number of oxazole rings is 1. The number of rotatable bonds is 3. The van der Waals surface area contributed by atoms with Crippen LogP contribution >= 0.6 is 11.8 Å². The molecule has 0 spiro atoms. The van der Waals surface area contributed by atoms with E-state index in [0.717, 1.165) is 5.52 Å². The zero-order chi connectivity index (χ0) is 9.97. The summed E-state index contributed by atoms with van der Waals surface area (Å²) in [5, 5.41) is 9.21. The van der Waals surface area contributed by atoms with Gasteiger partial charge >= 0.3 is 0 Å². The first kappa shape index (κ1) is 9.36. The highest BCUT2D eigenvalue weighted by Crippen LogP contribution is 2.24. The second kappa shape index (κ2) is 3.89. The van der Waals surface area contributed by atoms with Gasteiger partial charge in [-0.1, -0.05) is 11.8 Å². The van der Waals surface area contributed by atoms with Gasteiger partial charge in [0.2, 0.25) is 0 Å². The second-order valence-electron chi connectivity index (χ2n) is 2.78. The predicted molar refractivity (Wildman–Crippen MR) is 56.2 cm³/mol. The predicted octanol–water partition coefficient (Wildman–Crippen LogP) is 1.49. The largest absolute Gasteiger partial charge is 0.431 e. The summed E-state index contributed by atoms with van der Waals surface area (Å²) in [4.78, 5) is 4.22. The first-order valence-electron chi connectivity index (χ1n) is 4.19. The van der Waals surface area contributed by atoms with Gasteiger partial charge < -0.3 is 15.3 Å². The average Bonchev–Trinajstić information content (AvgIpc) is 2.56. The molecule has 74 valence electrons. The van der Waals surface area contributed by atoms with E-state index < -0.39 is 0 Å². The fraction of sp³-hybridized carbons (Fsp3) is 0.222. The molecular formula is C9H10N2O2S. The second-order valence-corrected chi connectivity index (χ2v) is 3.83. The normalized spacial score (nSPS) is 10.9. The van der Waals surface area contributed by atoms with E-state index in [0.29, 0.717) is 22.2 Å². The lowest BCUT2D eigenvalue weighted by Crippen LogP contribution is -1.84. The van der Waals surface area contributed by atoms with Gasteiger partial charge in [0.25, 0.3) is 5.22 Å². The maximum atomic E-state index is 8.64. The number of hydrogen-bond acceptors (Lipinski definition) is 5. The minimum absolute atomic E-state index is 0.117. The molecule has 1 aromatic heterocycles. The van der Waals surface area contributed by atoms with Crippen LogP contribution in [0.15, 0.2) is 27.8 Å². The number of aliphatic hydroxyl groups excluding tert-OH is 1. The minimum atomic E-state index is 0.117. The molecule has 5 heteroatoms. The van der Waals surface area contributed by atoms with E-state index in [1.54, 1.807) is 12.1 Å². The van der Waals surface area contributed by atoms with Crippen molar-refractivity contribution in [2.24, 2.45) is 0 Å². The molecule has 3 N–H and O–H groups in total. The Labute approximate surface area is 85.1 Å². The van der Waals surface area contributed by atoms with E-state index in [1.165, 1.54) is 11.8 Å². The maximum absolute atomic E-state index is 8.64. The standard InChI is InChI=1S/C9H10N2O2S/c10-6-1-2-7-8(5-6)13-9(11-7)14-4-3-12/h1-2,5,12H,3-4,10H2. The Morgan fingerprint density at radius 1 is 1.50 bits per heavy atom. The van der Waals surface area contributed by atoms with Gasteiger partial charge in [-0.25, -0.2) is 4.98 Å². The van der Waals surface area contributed by atoms with Crippen molar-refractivity contribution in [3.8, 4) is 0 Å². The van der Waals surface area contributed by atoms with Crippen LogP contribution < -0.4 is 5.73 Å². The van der Waals surface area contributed by atoms with Crippen LogP contribution in [-0.2, 0) is 0 Å². The van der Waals surface area contributed by atoms with E-state index in [9.17, 15) is 0 Å². The fourth-order valence-corrected chi connectivity index (χ4v) is 1.69. The van der Waals surface area contributed by atoms with Crippen molar-refractivity contribution in [3.05, 3.63) is 18.2 Å². The van der Waals surface area contributed by atoms with Crippen molar-refractivity contribution in [3.63, 3.8) is 0 Å². The summed E-state index contributed by atoms with van der Waals surface area (Å²) in [5.74, 6) is 0.586. The molecule has 1 heterocycles. The molecule has 0 saturated heterocycles. The third kappa shape index (κ3) is 1.83. The van der Waals surface area contributed by atoms with Gasteiger partial charge in [0.1, 0.15) is 5.52 Å². The summed E-state index contributed by atoms with van der Waals surface area (Å²) >= 11 is 1.38. The molecule has 0 radical (unpaired) electrons. The summed E-state index contributed by atoms with van der Waals surface area (Å²) in [6.07, 6.45) is 0. The van der Waals surface area contributed by atoms with Crippen LogP contribution in [0.3, 0.4) is 0 Å². The number of aromatic nitrogens is 1. The zero-order valence-electron chi connectivity index (χ0n) is 7.43. The molecule has 1 aromatic carbocycles. The van der Waals surface area contributed by atoms with E-state index in [1.807, 2.05) is 6.07 Å². The summed E-state index contributed by atoms with van der Waals surface area (Å²) in [7, 11) is 0. The fourth-order valence-electron chi connectivity index (χ4n) is 1.11. The van der Waals surface area contributed by atoms with Gasteiger partial charge in [0.05, 0.1) is 6.61 Å². The maximum Gasteiger partial charge on any atom is 0.256 e. The van der Waals surface area contributed by atoms with Gasteiger partial charge in [0, 0.05) is 17.5 Å². The van der Waals surface area contributed by atoms with Gasteiger partial charge in [0.15, 0.2) is 5.58 Å². The number of nitrogens with zero attached hydrogens (tertiary/aromatic N) is 1. The molecule has 2 aromatic rings. The molecule has 0 aliphatic heterocycles. The Balaban J connectivity index is 2.32. The molecule has 0 unspecified atom stereocenters. The molecule has 0 saturated carbocycles. The minimum Gasteiger partial charge on any atom is -0.431 e. The van der Waals surface area contributed by atoms with Crippen molar-refractivity contribution in [2.45, 2.75) is 5.22 Å². The Morgan fingerprint density at radius 2 is 2.36 bits per heavy atom. The van der Waals surface area contributed by atoms with Crippen molar-refractivity contribution in [1.29, 1.82) is 0 Å². The molecular weight excluding hydrogens is 200 g/mol. The lowest BCUT2D eigenvalue weighted by atomic mass is 10.3. The number of fused-ring (bicyclic) bond motifs is 1. The van der Waals surface area contributed by atoms with E-state index >= 15 is 0 Å². The van der Waals surface area contributed by atoms with Crippen LogP contribution in [0.4, 0.5) is 5.69 Å². The van der Waals surface area contributed by atoms with Crippen LogP contribution in [0.1, 0.15) is 0 Å². The third-order valence-corrected chi connectivity index (χ3v) is 2.52. The molecule has 0 aliphatic carbocycles. The van der Waals surface area contributed by atoms with Crippen LogP contribution in [0.2, 0.25) is 0 Å². The van der Waals surface area contributed by atoms with E-state index in [4.69, 9.17) is 15.3 Å². The van der Waals surface area contributed by atoms with Gasteiger partial charge in [-0.2, -0.15) is 0 Å². The van der Waals surface area contributed by atoms with Crippen molar-refractivity contribution >= 4 is 28.5 Å².